The molecule has 10 heteroatoms. The molecule has 0 aromatic heterocycles. The number of esters is 2. The third-order valence-electron chi connectivity index (χ3n) is 12.8. The van der Waals surface area contributed by atoms with Crippen LogP contribution in [0.2, 0.25) is 0 Å². The monoisotopic (exact) mass is 1100 g/mol. The Morgan fingerprint density at radius 1 is 0.397 bits per heavy atom. The van der Waals surface area contributed by atoms with Crippen molar-refractivity contribution < 1.29 is 37.6 Å². The molecule has 0 rings (SSSR count). The highest BCUT2D eigenvalue weighted by atomic mass is 31.2. The van der Waals surface area contributed by atoms with Crippen molar-refractivity contribution in [1.29, 1.82) is 0 Å². The van der Waals surface area contributed by atoms with Gasteiger partial charge in [-0.15, -0.1) is 0 Å². The van der Waals surface area contributed by atoms with Gasteiger partial charge in [-0.3, -0.25) is 18.6 Å². The molecule has 0 aromatic carbocycles. The third-order valence-corrected chi connectivity index (χ3v) is 13.8. The van der Waals surface area contributed by atoms with E-state index < -0.39 is 32.5 Å². The molecule has 2 unspecified atom stereocenters. The van der Waals surface area contributed by atoms with E-state index in [9.17, 15) is 19.0 Å². The highest BCUT2D eigenvalue weighted by Gasteiger charge is 2.26. The molecule has 0 bridgehead atoms. The van der Waals surface area contributed by atoms with Gasteiger partial charge in [-0.2, -0.15) is 0 Å². The van der Waals surface area contributed by atoms with Gasteiger partial charge in [0.25, 0.3) is 0 Å². The molecule has 444 valence electrons. The third kappa shape index (κ3) is 61.4. The van der Waals surface area contributed by atoms with E-state index in [-0.39, 0.29) is 32.6 Å². The molecule has 9 nitrogen and oxygen atoms in total. The van der Waals surface area contributed by atoms with Gasteiger partial charge < -0.3 is 20.1 Å². The normalized spacial score (nSPS) is 13.9. The van der Waals surface area contributed by atoms with Crippen LogP contribution in [0.5, 0.6) is 0 Å². The maximum atomic E-state index is 12.7. The molecule has 0 aromatic rings. The zero-order valence-electron chi connectivity index (χ0n) is 49.6. The van der Waals surface area contributed by atoms with E-state index in [1.807, 2.05) is 0 Å². The van der Waals surface area contributed by atoms with Crippen LogP contribution in [0.4, 0.5) is 0 Å². The van der Waals surface area contributed by atoms with Crippen molar-refractivity contribution in [3.63, 3.8) is 0 Å². The van der Waals surface area contributed by atoms with Gasteiger partial charge >= 0.3 is 19.8 Å². The lowest BCUT2D eigenvalue weighted by Crippen LogP contribution is -2.29. The average Bonchev–Trinajstić information content (AvgIpc) is 3.43. The Hall–Kier alpha value is -3.85. The summed E-state index contributed by atoms with van der Waals surface area (Å²) in [6, 6.07) is 0. The summed E-state index contributed by atoms with van der Waals surface area (Å²) >= 11 is 0. The molecule has 2 atom stereocenters. The van der Waals surface area contributed by atoms with Gasteiger partial charge in [0.15, 0.2) is 6.10 Å². The second-order valence-corrected chi connectivity index (χ2v) is 21.6. The molecular weight excluding hydrogens is 990 g/mol. The molecule has 0 fully saturated rings. The van der Waals surface area contributed by atoms with Crippen LogP contribution >= 0.6 is 7.82 Å². The molecule has 0 amide bonds. The van der Waals surface area contributed by atoms with Crippen LogP contribution in [0, 0.1) is 0 Å². The van der Waals surface area contributed by atoms with Crippen LogP contribution in [0.15, 0.2) is 134 Å². The number of hydrogen-bond donors (Lipinski definition) is 2. The smallest absolute Gasteiger partial charge is 0.462 e. The summed E-state index contributed by atoms with van der Waals surface area (Å²) in [5.41, 5.74) is 5.38. The average molecular weight is 1100 g/mol. The summed E-state index contributed by atoms with van der Waals surface area (Å²) in [5.74, 6) is -0.848. The molecule has 0 heterocycles. The molecule has 0 aliphatic carbocycles. The predicted molar refractivity (Wildman–Crippen MR) is 334 cm³/mol. The number of carbonyl (C=O) groups excluding carboxylic acids is 2. The van der Waals surface area contributed by atoms with Crippen LogP contribution in [-0.4, -0.2) is 49.3 Å². The summed E-state index contributed by atoms with van der Waals surface area (Å²) < 4.78 is 33.0. The topological polar surface area (TPSA) is 134 Å². The SMILES string of the molecule is CC/C=C\C/C=C\C/C=C\C/C=C\C/C=C\C/C=C\C/C=C\C/C=C\C/C=C\CCCCCCCCCCCCCCCC(=O)OC(COC(=O)CCCCCCC/C=C\C/C=C\CCCCCC)COP(=O)(O)OCCN. The van der Waals surface area contributed by atoms with Gasteiger partial charge in [0.2, 0.25) is 0 Å². The lowest BCUT2D eigenvalue weighted by Gasteiger charge is -2.19. The van der Waals surface area contributed by atoms with Gasteiger partial charge in [0, 0.05) is 19.4 Å². The quantitative estimate of drug-likeness (QED) is 0.0264. The minimum absolute atomic E-state index is 0.0462. The predicted octanol–water partition coefficient (Wildman–Crippen LogP) is 20.1. The minimum Gasteiger partial charge on any atom is -0.462 e. The summed E-state index contributed by atoms with van der Waals surface area (Å²) in [6.45, 7) is 3.59. The maximum absolute atomic E-state index is 12.7. The lowest BCUT2D eigenvalue weighted by molar-refractivity contribution is -0.161. The van der Waals surface area contributed by atoms with E-state index >= 15 is 0 Å². The molecule has 0 aliphatic rings. The second-order valence-electron chi connectivity index (χ2n) is 20.2. The molecular formula is C68H114NO8P. The first-order chi connectivity index (χ1) is 38.3. The fourth-order valence-corrected chi connectivity index (χ4v) is 8.95. The van der Waals surface area contributed by atoms with E-state index in [1.165, 1.54) is 96.3 Å². The largest absolute Gasteiger partial charge is 0.472 e. The maximum Gasteiger partial charge on any atom is 0.472 e. The van der Waals surface area contributed by atoms with Crippen LogP contribution < -0.4 is 5.73 Å². The molecule has 0 spiro atoms. The molecule has 3 N–H and O–H groups in total. The van der Waals surface area contributed by atoms with E-state index in [4.69, 9.17) is 24.3 Å². The van der Waals surface area contributed by atoms with Gasteiger partial charge in [0.05, 0.1) is 13.2 Å². The number of nitrogens with two attached hydrogens (primary N) is 1. The Kier molecular flexibility index (Phi) is 59.3. The van der Waals surface area contributed by atoms with Gasteiger partial charge in [-0.1, -0.05) is 257 Å². The Morgan fingerprint density at radius 2 is 0.705 bits per heavy atom. The fourth-order valence-electron chi connectivity index (χ4n) is 8.19. The lowest BCUT2D eigenvalue weighted by atomic mass is 10.0. The van der Waals surface area contributed by atoms with Crippen molar-refractivity contribution in [2.24, 2.45) is 5.73 Å². The number of unbranched alkanes of at least 4 members (excludes halogenated alkanes) is 22. The van der Waals surface area contributed by atoms with Crippen molar-refractivity contribution in [2.75, 3.05) is 26.4 Å². The van der Waals surface area contributed by atoms with Crippen LogP contribution in [0.1, 0.15) is 251 Å². The second kappa shape index (κ2) is 62.3. The fraction of sp³-hybridized carbons (Fsp3) is 0.647. The van der Waals surface area contributed by atoms with Gasteiger partial charge in [-0.05, 0) is 116 Å². The summed E-state index contributed by atoms with van der Waals surface area (Å²) in [4.78, 5) is 35.2. The van der Waals surface area contributed by atoms with E-state index in [1.54, 1.807) is 0 Å². The number of hydrogen-bond acceptors (Lipinski definition) is 8. The van der Waals surface area contributed by atoms with Crippen LogP contribution in [-0.2, 0) is 32.7 Å². The number of phosphoric acid groups is 1. The summed E-state index contributed by atoms with van der Waals surface area (Å²) in [7, 11) is -4.40. The molecule has 0 saturated carbocycles. The van der Waals surface area contributed by atoms with Crippen LogP contribution in [0.3, 0.4) is 0 Å². The first kappa shape index (κ1) is 74.2. The van der Waals surface area contributed by atoms with Crippen molar-refractivity contribution >= 4 is 19.8 Å². The Labute approximate surface area is 478 Å². The Balaban J connectivity index is 3.92. The number of phosphoric ester groups is 1. The van der Waals surface area contributed by atoms with E-state index in [0.717, 1.165) is 116 Å². The van der Waals surface area contributed by atoms with Crippen molar-refractivity contribution in [2.45, 2.75) is 258 Å². The minimum atomic E-state index is -4.40. The number of rotatable bonds is 57. The molecule has 78 heavy (non-hydrogen) atoms. The number of ether oxygens (including phenoxy) is 2. The molecule has 0 saturated heterocycles. The zero-order valence-corrected chi connectivity index (χ0v) is 50.5. The summed E-state index contributed by atoms with van der Waals surface area (Å²) in [5, 5.41) is 0. The Morgan fingerprint density at radius 3 is 1.05 bits per heavy atom. The zero-order chi connectivity index (χ0) is 56.6. The molecule has 0 aliphatic heterocycles. The molecule has 0 radical (unpaired) electrons. The highest BCUT2D eigenvalue weighted by molar-refractivity contribution is 7.47. The van der Waals surface area contributed by atoms with Crippen molar-refractivity contribution in [3.8, 4) is 0 Å². The standard InChI is InChI=1S/C68H114NO8P/c1-3-5-7-9-11-13-15-17-19-21-22-23-24-25-26-27-28-29-30-31-32-33-34-35-36-37-38-39-40-41-42-43-44-45-47-49-51-53-55-57-59-61-68(71)77-66(65-76-78(72,73)75-63-62-69)64-74-67(70)60-58-56-54-52-50-48-46-20-18-16-14-12-10-8-6-4-2/h5,7,11,13-14,16-17,19-20,22-23,25-26,28-29,31-32,34-35,37-38,46,66H,3-4,6,8-10,12,15,18,21,24,27,30,33,36,39-45,47-65,69H2,1-2H3,(H,72,73)/b7-5-,13-11-,16-14-,19-17-,23-22-,26-25-,29-28-,32-31-,35-34-,38-37-,46-20-. The van der Waals surface area contributed by atoms with Crippen molar-refractivity contribution in [3.05, 3.63) is 134 Å². The van der Waals surface area contributed by atoms with Crippen LogP contribution in [0.25, 0.3) is 0 Å². The van der Waals surface area contributed by atoms with E-state index in [0.29, 0.717) is 12.8 Å². The number of allylic oxidation sites excluding steroid dienone is 22. The first-order valence-corrected chi connectivity index (χ1v) is 32.7. The van der Waals surface area contributed by atoms with E-state index in [2.05, 4.69) is 148 Å². The van der Waals surface area contributed by atoms with Gasteiger partial charge in [0.1, 0.15) is 6.61 Å². The van der Waals surface area contributed by atoms with Gasteiger partial charge in [-0.25, -0.2) is 4.57 Å². The number of carbonyl (C=O) groups is 2. The first-order valence-electron chi connectivity index (χ1n) is 31.2. The summed E-state index contributed by atoms with van der Waals surface area (Å²) in [6.07, 6.45) is 88.1. The van der Waals surface area contributed by atoms with Crippen molar-refractivity contribution in [1.82, 2.24) is 0 Å². The highest BCUT2D eigenvalue weighted by Crippen LogP contribution is 2.43. The Bertz CT molecular complexity index is 1740.